The number of hydrogen-bond acceptors (Lipinski definition) is 3. The van der Waals surface area contributed by atoms with Crippen LogP contribution in [0.4, 0.5) is 0 Å². The molecule has 0 spiro atoms. The Balaban J connectivity index is 1.85. The number of ether oxygens (including phenoxy) is 1. The number of carbonyl (C=O) groups is 1. The summed E-state index contributed by atoms with van der Waals surface area (Å²) < 4.78 is 5.24. The van der Waals surface area contributed by atoms with E-state index in [1.165, 1.54) is 0 Å². The normalized spacial score (nSPS) is 21.9. The van der Waals surface area contributed by atoms with Crippen LogP contribution in [-0.4, -0.2) is 30.8 Å². The molecule has 1 amide bonds. The van der Waals surface area contributed by atoms with Crippen LogP contribution >= 0.6 is 11.6 Å². The van der Waals surface area contributed by atoms with E-state index in [0.29, 0.717) is 23.2 Å². The molecule has 0 saturated heterocycles. The van der Waals surface area contributed by atoms with Gasteiger partial charge in [0.2, 0.25) is 5.91 Å². The topological polar surface area (TPSA) is 58.6 Å². The fourth-order valence-electron chi connectivity index (χ4n) is 2.83. The van der Waals surface area contributed by atoms with Crippen molar-refractivity contribution in [2.45, 2.75) is 38.2 Å². The Bertz CT molecular complexity index is 492. The second-order valence-electron chi connectivity index (χ2n) is 5.62. The van der Waals surface area contributed by atoms with Crippen LogP contribution in [0.15, 0.2) is 18.2 Å². The fraction of sp³-hybridized carbons (Fsp3) is 0.562. The lowest BCUT2D eigenvalue weighted by Crippen LogP contribution is -2.33. The largest absolute Gasteiger partial charge is 0.496 e. The van der Waals surface area contributed by atoms with E-state index in [2.05, 4.69) is 5.32 Å². The van der Waals surface area contributed by atoms with E-state index < -0.39 is 0 Å². The monoisotopic (exact) mass is 311 g/mol. The van der Waals surface area contributed by atoms with Crippen molar-refractivity contribution in [3.8, 4) is 5.75 Å². The van der Waals surface area contributed by atoms with Gasteiger partial charge in [-0.15, -0.1) is 0 Å². The van der Waals surface area contributed by atoms with E-state index in [-0.39, 0.29) is 18.4 Å². The third kappa shape index (κ3) is 4.90. The van der Waals surface area contributed by atoms with Crippen molar-refractivity contribution in [1.82, 2.24) is 5.32 Å². The first kappa shape index (κ1) is 16.1. The van der Waals surface area contributed by atoms with Crippen LogP contribution in [-0.2, 0) is 11.2 Å². The van der Waals surface area contributed by atoms with Crippen LogP contribution in [0.2, 0.25) is 5.02 Å². The number of amides is 1. The van der Waals surface area contributed by atoms with E-state index in [9.17, 15) is 9.90 Å². The molecule has 2 rings (SSSR count). The van der Waals surface area contributed by atoms with E-state index in [0.717, 1.165) is 31.2 Å². The molecule has 0 aromatic heterocycles. The molecule has 1 aliphatic rings. The van der Waals surface area contributed by atoms with Gasteiger partial charge in [0.15, 0.2) is 0 Å². The van der Waals surface area contributed by atoms with Crippen molar-refractivity contribution in [2.24, 2.45) is 5.92 Å². The minimum absolute atomic E-state index is 0.0457. The molecule has 0 aliphatic heterocycles. The summed E-state index contributed by atoms with van der Waals surface area (Å²) >= 11 is 5.96. The molecule has 116 valence electrons. The number of methoxy groups -OCH3 is 1. The molecule has 0 heterocycles. The van der Waals surface area contributed by atoms with Gasteiger partial charge in [-0.1, -0.05) is 18.0 Å². The Morgan fingerprint density at radius 3 is 3.00 bits per heavy atom. The van der Waals surface area contributed by atoms with Gasteiger partial charge in [0.1, 0.15) is 5.75 Å². The van der Waals surface area contributed by atoms with Crippen molar-refractivity contribution in [3.63, 3.8) is 0 Å². The van der Waals surface area contributed by atoms with Crippen LogP contribution in [0.3, 0.4) is 0 Å². The molecule has 4 nitrogen and oxygen atoms in total. The fourth-order valence-corrected chi connectivity index (χ4v) is 3.02. The number of benzene rings is 1. The SMILES string of the molecule is COc1ccc(Cl)cc1CC(=O)NCC1CCCC(O)C1. The highest BCUT2D eigenvalue weighted by atomic mass is 35.5. The average Bonchev–Trinajstić information content (AvgIpc) is 2.45. The quantitative estimate of drug-likeness (QED) is 0.878. The zero-order valence-corrected chi connectivity index (χ0v) is 13.0. The number of hydrogen-bond donors (Lipinski definition) is 2. The standard InChI is InChI=1S/C16H22ClNO3/c1-21-15-6-5-13(17)8-12(15)9-16(20)18-10-11-3-2-4-14(19)7-11/h5-6,8,11,14,19H,2-4,7,9-10H2,1H3,(H,18,20). The van der Waals surface area contributed by atoms with E-state index in [1.807, 2.05) is 0 Å². The van der Waals surface area contributed by atoms with Crippen LogP contribution in [0.1, 0.15) is 31.2 Å². The Morgan fingerprint density at radius 1 is 1.48 bits per heavy atom. The van der Waals surface area contributed by atoms with Gasteiger partial charge in [-0.2, -0.15) is 0 Å². The molecular formula is C16H22ClNO3. The molecule has 2 unspecified atom stereocenters. The van der Waals surface area contributed by atoms with Gasteiger partial charge < -0.3 is 15.2 Å². The first-order valence-corrected chi connectivity index (χ1v) is 7.73. The van der Waals surface area contributed by atoms with Crippen molar-refractivity contribution in [2.75, 3.05) is 13.7 Å². The van der Waals surface area contributed by atoms with Crippen LogP contribution in [0.5, 0.6) is 5.75 Å². The molecule has 0 radical (unpaired) electrons. The lowest BCUT2D eigenvalue weighted by Gasteiger charge is -2.25. The highest BCUT2D eigenvalue weighted by Gasteiger charge is 2.20. The van der Waals surface area contributed by atoms with E-state index >= 15 is 0 Å². The molecule has 21 heavy (non-hydrogen) atoms. The maximum absolute atomic E-state index is 12.0. The second-order valence-corrected chi connectivity index (χ2v) is 6.06. The number of rotatable bonds is 5. The first-order chi connectivity index (χ1) is 10.1. The summed E-state index contributed by atoms with van der Waals surface area (Å²) in [5.41, 5.74) is 0.783. The minimum Gasteiger partial charge on any atom is -0.496 e. The predicted octanol–water partition coefficient (Wildman–Crippen LogP) is 2.56. The summed E-state index contributed by atoms with van der Waals surface area (Å²) in [6, 6.07) is 5.26. The molecule has 1 fully saturated rings. The number of aliphatic hydroxyl groups is 1. The maximum Gasteiger partial charge on any atom is 0.224 e. The van der Waals surface area contributed by atoms with Crippen LogP contribution in [0, 0.1) is 5.92 Å². The minimum atomic E-state index is -0.214. The van der Waals surface area contributed by atoms with E-state index in [1.54, 1.807) is 25.3 Å². The van der Waals surface area contributed by atoms with Crippen LogP contribution in [0.25, 0.3) is 0 Å². The third-order valence-electron chi connectivity index (χ3n) is 3.94. The van der Waals surface area contributed by atoms with Gasteiger partial charge in [-0.25, -0.2) is 0 Å². The molecular weight excluding hydrogens is 290 g/mol. The Labute approximate surface area is 130 Å². The average molecular weight is 312 g/mol. The van der Waals surface area contributed by atoms with Crippen molar-refractivity contribution in [1.29, 1.82) is 0 Å². The van der Waals surface area contributed by atoms with Gasteiger partial charge >= 0.3 is 0 Å². The highest BCUT2D eigenvalue weighted by Crippen LogP contribution is 2.24. The lowest BCUT2D eigenvalue weighted by molar-refractivity contribution is -0.120. The zero-order chi connectivity index (χ0) is 15.2. The Kier molecular flexibility index (Phi) is 5.88. The summed E-state index contributed by atoms with van der Waals surface area (Å²) in [5, 5.41) is 13.2. The first-order valence-electron chi connectivity index (χ1n) is 7.35. The molecule has 0 bridgehead atoms. The molecule has 5 heteroatoms. The maximum atomic E-state index is 12.0. The van der Waals surface area contributed by atoms with Crippen molar-refractivity contribution < 1.29 is 14.6 Å². The highest BCUT2D eigenvalue weighted by molar-refractivity contribution is 6.30. The summed E-state index contributed by atoms with van der Waals surface area (Å²) in [6.45, 7) is 0.624. The summed E-state index contributed by atoms with van der Waals surface area (Å²) in [5.74, 6) is 0.997. The van der Waals surface area contributed by atoms with Crippen molar-refractivity contribution in [3.05, 3.63) is 28.8 Å². The number of halogens is 1. The van der Waals surface area contributed by atoms with Gasteiger partial charge in [0.05, 0.1) is 19.6 Å². The van der Waals surface area contributed by atoms with Gasteiger partial charge in [0, 0.05) is 17.1 Å². The lowest BCUT2D eigenvalue weighted by atomic mass is 9.87. The number of aliphatic hydroxyl groups excluding tert-OH is 1. The molecule has 1 saturated carbocycles. The van der Waals surface area contributed by atoms with E-state index in [4.69, 9.17) is 16.3 Å². The molecule has 1 aromatic rings. The smallest absolute Gasteiger partial charge is 0.224 e. The molecule has 2 atom stereocenters. The van der Waals surface area contributed by atoms with Gasteiger partial charge in [-0.3, -0.25) is 4.79 Å². The molecule has 1 aromatic carbocycles. The van der Waals surface area contributed by atoms with Gasteiger partial charge in [0.25, 0.3) is 0 Å². The molecule has 1 aliphatic carbocycles. The predicted molar refractivity (Wildman–Crippen MR) is 82.7 cm³/mol. The Morgan fingerprint density at radius 2 is 2.29 bits per heavy atom. The number of nitrogens with one attached hydrogen (secondary N) is 1. The van der Waals surface area contributed by atoms with Gasteiger partial charge in [-0.05, 0) is 43.4 Å². The summed E-state index contributed by atoms with van der Waals surface area (Å²) in [4.78, 5) is 12.0. The summed E-state index contributed by atoms with van der Waals surface area (Å²) in [6.07, 6.45) is 3.79. The molecule has 2 N–H and O–H groups in total. The summed E-state index contributed by atoms with van der Waals surface area (Å²) in [7, 11) is 1.58. The Hall–Kier alpha value is -1.26. The third-order valence-corrected chi connectivity index (χ3v) is 4.17. The number of carbonyl (C=O) groups excluding carboxylic acids is 1. The van der Waals surface area contributed by atoms with Crippen LogP contribution < -0.4 is 10.1 Å². The second kappa shape index (κ2) is 7.66. The van der Waals surface area contributed by atoms with Crippen molar-refractivity contribution >= 4 is 17.5 Å². The zero-order valence-electron chi connectivity index (χ0n) is 12.3.